The number of carbonyl (C=O) groups excluding carboxylic acids is 1. The molecule has 0 atom stereocenters. The van der Waals surface area contributed by atoms with Crippen LogP contribution in [-0.2, 0) is 6.54 Å². The number of rotatable bonds is 5. The van der Waals surface area contributed by atoms with Gasteiger partial charge in [-0.05, 0) is 50.6 Å². The predicted molar refractivity (Wildman–Crippen MR) is 118 cm³/mol. The van der Waals surface area contributed by atoms with E-state index in [0.717, 1.165) is 22.2 Å². The molecule has 2 heterocycles. The topological polar surface area (TPSA) is 69.0 Å². The molecule has 0 aliphatic heterocycles. The van der Waals surface area contributed by atoms with Crippen molar-refractivity contribution in [1.82, 2.24) is 14.8 Å². The molecule has 31 heavy (non-hydrogen) atoms. The number of nitrogens with zero attached hydrogens (tertiary/aromatic N) is 3. The summed E-state index contributed by atoms with van der Waals surface area (Å²) in [5, 5.41) is 8.37. The second kappa shape index (κ2) is 8.18. The fourth-order valence-corrected chi connectivity index (χ4v) is 3.63. The van der Waals surface area contributed by atoms with E-state index in [1.807, 2.05) is 38.1 Å². The summed E-state index contributed by atoms with van der Waals surface area (Å²) in [6.07, 6.45) is 0. The zero-order valence-electron chi connectivity index (χ0n) is 17.9. The summed E-state index contributed by atoms with van der Waals surface area (Å²) < 4.78 is 20.3. The summed E-state index contributed by atoms with van der Waals surface area (Å²) in [6.45, 7) is 6.03. The number of pyridine rings is 1. The Morgan fingerprint density at radius 2 is 1.84 bits per heavy atom. The molecule has 2 aromatic carbocycles. The smallest absolute Gasteiger partial charge is 0.257 e. The number of carbonyl (C=O) groups is 1. The van der Waals surface area contributed by atoms with Crippen LogP contribution in [0, 0.1) is 26.6 Å². The van der Waals surface area contributed by atoms with Crippen molar-refractivity contribution in [3.63, 3.8) is 0 Å². The zero-order chi connectivity index (χ0) is 22.1. The quantitative estimate of drug-likeness (QED) is 0.505. The predicted octanol–water partition coefficient (Wildman–Crippen LogP) is 4.80. The normalized spacial score (nSPS) is 11.0. The molecule has 0 unspecified atom stereocenters. The van der Waals surface area contributed by atoms with Gasteiger partial charge in [0, 0.05) is 5.39 Å². The van der Waals surface area contributed by atoms with Crippen LogP contribution in [0.25, 0.3) is 10.9 Å². The van der Waals surface area contributed by atoms with Crippen LogP contribution in [-0.4, -0.2) is 27.8 Å². The minimum absolute atomic E-state index is 0.248. The fourth-order valence-electron chi connectivity index (χ4n) is 3.63. The van der Waals surface area contributed by atoms with Gasteiger partial charge in [0.15, 0.2) is 0 Å². The van der Waals surface area contributed by atoms with Crippen LogP contribution >= 0.6 is 0 Å². The third-order valence-corrected chi connectivity index (χ3v) is 5.33. The Morgan fingerprint density at radius 1 is 1.10 bits per heavy atom. The lowest BCUT2D eigenvalue weighted by atomic mass is 10.1. The number of anilines is 1. The first-order valence-corrected chi connectivity index (χ1v) is 9.91. The fraction of sp³-hybridized carbons (Fsp3) is 0.208. The third kappa shape index (κ3) is 3.99. The van der Waals surface area contributed by atoms with E-state index >= 15 is 0 Å². The SMILES string of the molecule is COc1cccc2cc(C(=O)Nc3c(C)nn(Cc4ccc(F)cc4)c3C)c(C)nc12. The van der Waals surface area contributed by atoms with Crippen LogP contribution < -0.4 is 10.1 Å². The standard InChI is InChI=1S/C24H23FN4O2/c1-14-20(12-18-6-5-7-21(31-4)23(18)26-14)24(30)27-22-15(2)28-29(16(22)3)13-17-8-10-19(25)11-9-17/h5-12H,13H2,1-4H3,(H,27,30). The molecular weight excluding hydrogens is 395 g/mol. The van der Waals surface area contributed by atoms with Crippen molar-refractivity contribution >= 4 is 22.5 Å². The highest BCUT2D eigenvalue weighted by atomic mass is 19.1. The number of hydrogen-bond acceptors (Lipinski definition) is 4. The lowest BCUT2D eigenvalue weighted by Crippen LogP contribution is -2.15. The van der Waals surface area contributed by atoms with Crippen LogP contribution in [0.5, 0.6) is 5.75 Å². The number of fused-ring (bicyclic) bond motifs is 1. The first-order chi connectivity index (χ1) is 14.9. The van der Waals surface area contributed by atoms with Gasteiger partial charge in [0.2, 0.25) is 0 Å². The minimum atomic E-state index is -0.276. The Labute approximate surface area is 179 Å². The highest BCUT2D eigenvalue weighted by Gasteiger charge is 2.18. The van der Waals surface area contributed by atoms with Gasteiger partial charge in [-0.3, -0.25) is 9.48 Å². The second-order valence-electron chi connectivity index (χ2n) is 7.44. The van der Waals surface area contributed by atoms with E-state index in [9.17, 15) is 9.18 Å². The van der Waals surface area contributed by atoms with Gasteiger partial charge in [-0.2, -0.15) is 5.10 Å². The van der Waals surface area contributed by atoms with Gasteiger partial charge in [-0.1, -0.05) is 24.3 Å². The summed E-state index contributed by atoms with van der Waals surface area (Å²) in [7, 11) is 1.60. The summed E-state index contributed by atoms with van der Waals surface area (Å²) in [4.78, 5) is 17.7. The zero-order valence-corrected chi connectivity index (χ0v) is 17.9. The monoisotopic (exact) mass is 418 g/mol. The number of nitrogens with one attached hydrogen (secondary N) is 1. The molecule has 0 aliphatic rings. The van der Waals surface area contributed by atoms with Gasteiger partial charge >= 0.3 is 0 Å². The Kier molecular flexibility index (Phi) is 5.42. The highest BCUT2D eigenvalue weighted by Crippen LogP contribution is 2.27. The average Bonchev–Trinajstić information content (AvgIpc) is 3.01. The van der Waals surface area contributed by atoms with Crippen LogP contribution in [0.1, 0.15) is 33.0 Å². The molecule has 0 radical (unpaired) electrons. The number of aromatic nitrogens is 3. The molecule has 0 aliphatic carbocycles. The Morgan fingerprint density at radius 3 is 2.55 bits per heavy atom. The highest BCUT2D eigenvalue weighted by molar-refractivity contribution is 6.07. The van der Waals surface area contributed by atoms with Crippen molar-refractivity contribution in [1.29, 1.82) is 0 Å². The molecule has 0 spiro atoms. The van der Waals surface area contributed by atoms with Gasteiger partial charge in [0.1, 0.15) is 17.1 Å². The van der Waals surface area contributed by atoms with Gasteiger partial charge < -0.3 is 10.1 Å². The molecule has 1 amide bonds. The molecular formula is C24H23FN4O2. The number of ether oxygens (including phenoxy) is 1. The van der Waals surface area contributed by atoms with Crippen molar-refractivity contribution in [2.45, 2.75) is 27.3 Å². The molecule has 1 N–H and O–H groups in total. The molecule has 0 saturated heterocycles. The van der Waals surface area contributed by atoms with E-state index < -0.39 is 0 Å². The van der Waals surface area contributed by atoms with E-state index in [1.54, 1.807) is 30.8 Å². The van der Waals surface area contributed by atoms with E-state index in [-0.39, 0.29) is 11.7 Å². The lowest BCUT2D eigenvalue weighted by molar-refractivity contribution is 0.102. The number of benzene rings is 2. The number of halogens is 1. The van der Waals surface area contributed by atoms with E-state index in [2.05, 4.69) is 15.4 Å². The average molecular weight is 418 g/mol. The van der Waals surface area contributed by atoms with E-state index in [0.29, 0.717) is 34.9 Å². The van der Waals surface area contributed by atoms with Gasteiger partial charge in [-0.25, -0.2) is 9.37 Å². The molecule has 0 fully saturated rings. The lowest BCUT2D eigenvalue weighted by Gasteiger charge is -2.11. The van der Waals surface area contributed by atoms with Crippen LogP contribution in [0.15, 0.2) is 48.5 Å². The Bertz CT molecular complexity index is 1280. The first-order valence-electron chi connectivity index (χ1n) is 9.91. The molecule has 6 nitrogen and oxygen atoms in total. The molecule has 4 aromatic rings. The molecule has 7 heteroatoms. The summed E-state index contributed by atoms with van der Waals surface area (Å²) in [5.41, 5.74) is 4.95. The molecule has 0 bridgehead atoms. The molecule has 2 aromatic heterocycles. The molecule has 0 saturated carbocycles. The van der Waals surface area contributed by atoms with Gasteiger partial charge in [0.05, 0.1) is 42.0 Å². The summed E-state index contributed by atoms with van der Waals surface area (Å²) in [6, 6.07) is 13.7. The molecule has 158 valence electrons. The number of methoxy groups -OCH3 is 1. The number of hydrogen-bond donors (Lipinski definition) is 1. The van der Waals surface area contributed by atoms with Crippen molar-refractivity contribution in [3.05, 3.63) is 82.6 Å². The van der Waals surface area contributed by atoms with Crippen LogP contribution in [0.2, 0.25) is 0 Å². The summed E-state index contributed by atoms with van der Waals surface area (Å²) >= 11 is 0. The maximum absolute atomic E-state index is 13.2. The van der Waals surface area contributed by atoms with Crippen molar-refractivity contribution in [2.24, 2.45) is 0 Å². The Hall–Kier alpha value is -3.74. The summed E-state index contributed by atoms with van der Waals surface area (Å²) in [5.74, 6) is 0.144. The van der Waals surface area contributed by atoms with Crippen molar-refractivity contribution in [3.8, 4) is 5.75 Å². The largest absolute Gasteiger partial charge is 0.494 e. The van der Waals surface area contributed by atoms with Crippen LogP contribution in [0.3, 0.4) is 0 Å². The third-order valence-electron chi connectivity index (χ3n) is 5.33. The number of para-hydroxylation sites is 1. The van der Waals surface area contributed by atoms with E-state index in [1.165, 1.54) is 12.1 Å². The van der Waals surface area contributed by atoms with Crippen molar-refractivity contribution < 1.29 is 13.9 Å². The maximum atomic E-state index is 13.2. The van der Waals surface area contributed by atoms with Crippen molar-refractivity contribution in [2.75, 3.05) is 12.4 Å². The number of aryl methyl sites for hydroxylation is 2. The van der Waals surface area contributed by atoms with Gasteiger partial charge in [0.25, 0.3) is 5.91 Å². The molecule has 4 rings (SSSR count). The first kappa shape index (κ1) is 20.5. The number of amides is 1. The van der Waals surface area contributed by atoms with Gasteiger partial charge in [-0.15, -0.1) is 0 Å². The Balaban J connectivity index is 1.62. The van der Waals surface area contributed by atoms with E-state index in [4.69, 9.17) is 4.74 Å². The minimum Gasteiger partial charge on any atom is -0.494 e. The maximum Gasteiger partial charge on any atom is 0.257 e. The van der Waals surface area contributed by atoms with Crippen LogP contribution in [0.4, 0.5) is 10.1 Å². The second-order valence-corrected chi connectivity index (χ2v) is 7.44.